The minimum absolute atomic E-state index is 0.0693. The summed E-state index contributed by atoms with van der Waals surface area (Å²) in [5.74, 6) is -0.292. The summed E-state index contributed by atoms with van der Waals surface area (Å²) < 4.78 is 22.1. The van der Waals surface area contributed by atoms with E-state index in [2.05, 4.69) is 9.97 Å². The second-order valence-corrected chi connectivity index (χ2v) is 7.37. The molecule has 0 aliphatic carbocycles. The lowest BCUT2D eigenvalue weighted by atomic mass is 10.1. The first-order valence-electron chi connectivity index (χ1n) is 5.76. The Bertz CT molecular complexity index is 698. The van der Waals surface area contributed by atoms with Crippen molar-refractivity contribution in [1.29, 1.82) is 5.26 Å². The predicted molar refractivity (Wildman–Crippen MR) is 71.6 cm³/mol. The fraction of sp³-hybridized carbons (Fsp3) is 0.455. The monoisotopic (exact) mass is 314 g/mol. The van der Waals surface area contributed by atoms with Crippen LogP contribution in [0.3, 0.4) is 0 Å². The summed E-state index contributed by atoms with van der Waals surface area (Å²) in [5, 5.41) is 9.02. The van der Waals surface area contributed by atoms with Crippen molar-refractivity contribution in [2.45, 2.75) is 13.3 Å². The normalized spacial score (nSPS) is 19.1. The average Bonchev–Trinajstić information content (AvgIpc) is 2.67. The van der Waals surface area contributed by atoms with Crippen LogP contribution in [0.15, 0.2) is 6.20 Å². The van der Waals surface area contributed by atoms with E-state index in [9.17, 15) is 13.2 Å². The largest absolute Gasteiger partial charge is 0.295 e. The average molecular weight is 315 g/mol. The van der Waals surface area contributed by atoms with Crippen molar-refractivity contribution in [2.75, 3.05) is 17.2 Å². The summed E-state index contributed by atoms with van der Waals surface area (Å²) in [7, 11) is 1.54. The molecule has 9 heteroatoms. The number of aryl methyl sites for hydroxylation is 1. The summed E-state index contributed by atoms with van der Waals surface area (Å²) in [6.07, 6.45) is 1.41. The zero-order chi connectivity index (χ0) is 14.9. The molecular formula is C11H11ClN4O3S. The lowest BCUT2D eigenvalue weighted by Gasteiger charge is -2.16. The van der Waals surface area contributed by atoms with Crippen LogP contribution in [0.1, 0.15) is 17.8 Å². The maximum atomic E-state index is 12.0. The van der Waals surface area contributed by atoms with Gasteiger partial charge < -0.3 is 0 Å². The van der Waals surface area contributed by atoms with E-state index in [-0.39, 0.29) is 36.0 Å². The SMILES string of the molecule is Cc1ncc(C#N)c(N2CC(CS(=O)(=O)Cl)CC2=O)n1. The Morgan fingerprint density at radius 3 is 2.90 bits per heavy atom. The van der Waals surface area contributed by atoms with E-state index in [4.69, 9.17) is 15.9 Å². The number of anilines is 1. The first-order chi connectivity index (χ1) is 9.30. The van der Waals surface area contributed by atoms with Crippen LogP contribution in [0.5, 0.6) is 0 Å². The quantitative estimate of drug-likeness (QED) is 0.756. The lowest BCUT2D eigenvalue weighted by molar-refractivity contribution is -0.117. The molecule has 1 amide bonds. The number of hydrogen-bond donors (Lipinski definition) is 0. The van der Waals surface area contributed by atoms with Crippen LogP contribution in [0, 0.1) is 24.2 Å². The highest BCUT2D eigenvalue weighted by atomic mass is 35.7. The van der Waals surface area contributed by atoms with Gasteiger partial charge in [0.2, 0.25) is 15.0 Å². The van der Waals surface area contributed by atoms with Crippen LogP contribution in [0.25, 0.3) is 0 Å². The van der Waals surface area contributed by atoms with Gasteiger partial charge in [-0.3, -0.25) is 9.69 Å². The van der Waals surface area contributed by atoms with Crippen LogP contribution >= 0.6 is 10.7 Å². The lowest BCUT2D eigenvalue weighted by Crippen LogP contribution is -2.27. The zero-order valence-corrected chi connectivity index (χ0v) is 12.1. The maximum Gasteiger partial charge on any atom is 0.232 e. The Morgan fingerprint density at radius 2 is 2.30 bits per heavy atom. The summed E-state index contributed by atoms with van der Waals surface area (Å²) >= 11 is 0. The van der Waals surface area contributed by atoms with Crippen molar-refractivity contribution >= 4 is 31.5 Å². The fourth-order valence-electron chi connectivity index (χ4n) is 2.12. The molecule has 1 aromatic heterocycles. The van der Waals surface area contributed by atoms with Gasteiger partial charge in [0.25, 0.3) is 0 Å². The number of hydrogen-bond acceptors (Lipinski definition) is 6. The number of carbonyl (C=O) groups is 1. The highest BCUT2D eigenvalue weighted by Crippen LogP contribution is 2.27. The first kappa shape index (κ1) is 14.7. The molecule has 1 aliphatic heterocycles. The molecule has 0 bridgehead atoms. The van der Waals surface area contributed by atoms with Gasteiger partial charge in [0, 0.05) is 29.6 Å². The Labute approximate surface area is 120 Å². The summed E-state index contributed by atoms with van der Waals surface area (Å²) in [6.45, 7) is 1.82. The molecule has 2 rings (SSSR count). The van der Waals surface area contributed by atoms with Gasteiger partial charge in [-0.2, -0.15) is 5.26 Å². The molecule has 7 nitrogen and oxygen atoms in total. The van der Waals surface area contributed by atoms with Crippen molar-refractivity contribution in [2.24, 2.45) is 5.92 Å². The molecular weight excluding hydrogens is 304 g/mol. The van der Waals surface area contributed by atoms with E-state index < -0.39 is 15.0 Å². The van der Waals surface area contributed by atoms with E-state index in [1.54, 1.807) is 6.92 Å². The molecule has 1 fully saturated rings. The Kier molecular flexibility index (Phi) is 3.92. The van der Waals surface area contributed by atoms with E-state index in [1.165, 1.54) is 11.1 Å². The van der Waals surface area contributed by atoms with Gasteiger partial charge in [0.15, 0.2) is 5.82 Å². The Morgan fingerprint density at radius 1 is 1.60 bits per heavy atom. The van der Waals surface area contributed by atoms with E-state index >= 15 is 0 Å². The third-order valence-electron chi connectivity index (χ3n) is 2.91. The smallest absolute Gasteiger partial charge is 0.232 e. The number of amides is 1. The van der Waals surface area contributed by atoms with Gasteiger partial charge in [0.05, 0.1) is 11.9 Å². The van der Waals surface area contributed by atoms with E-state index in [1.807, 2.05) is 6.07 Å². The predicted octanol–water partition coefficient (Wildman–Crippen LogP) is 0.578. The van der Waals surface area contributed by atoms with Crippen LogP contribution < -0.4 is 4.90 Å². The molecule has 2 heterocycles. The van der Waals surface area contributed by atoms with E-state index in [0.717, 1.165) is 0 Å². The molecule has 0 N–H and O–H groups in total. The van der Waals surface area contributed by atoms with Gasteiger partial charge in [-0.25, -0.2) is 18.4 Å². The van der Waals surface area contributed by atoms with Crippen LogP contribution in [-0.4, -0.2) is 36.6 Å². The van der Waals surface area contributed by atoms with Crippen molar-refractivity contribution < 1.29 is 13.2 Å². The molecule has 1 aromatic rings. The molecule has 1 aliphatic rings. The number of aromatic nitrogens is 2. The number of halogens is 1. The van der Waals surface area contributed by atoms with Gasteiger partial charge in [0.1, 0.15) is 17.5 Å². The molecule has 0 spiro atoms. The van der Waals surface area contributed by atoms with Crippen molar-refractivity contribution in [1.82, 2.24) is 9.97 Å². The minimum atomic E-state index is -3.66. The third-order valence-corrected chi connectivity index (χ3v) is 4.15. The van der Waals surface area contributed by atoms with Crippen molar-refractivity contribution in [3.05, 3.63) is 17.6 Å². The molecule has 0 radical (unpaired) electrons. The molecule has 0 saturated carbocycles. The number of nitriles is 1. The van der Waals surface area contributed by atoms with E-state index in [0.29, 0.717) is 5.82 Å². The number of rotatable bonds is 3. The summed E-state index contributed by atoms with van der Waals surface area (Å²) in [5.41, 5.74) is 0.179. The summed E-state index contributed by atoms with van der Waals surface area (Å²) in [6, 6.07) is 1.92. The van der Waals surface area contributed by atoms with Crippen LogP contribution in [0.2, 0.25) is 0 Å². The van der Waals surface area contributed by atoms with Gasteiger partial charge in [-0.05, 0) is 6.92 Å². The van der Waals surface area contributed by atoms with Crippen molar-refractivity contribution in [3.8, 4) is 6.07 Å². The topological polar surface area (TPSA) is 104 Å². The molecule has 1 unspecified atom stereocenters. The Balaban J connectivity index is 2.29. The van der Waals surface area contributed by atoms with Crippen molar-refractivity contribution in [3.63, 3.8) is 0 Å². The minimum Gasteiger partial charge on any atom is -0.295 e. The van der Waals surface area contributed by atoms with Gasteiger partial charge in [-0.15, -0.1) is 0 Å². The summed E-state index contributed by atoms with van der Waals surface area (Å²) in [4.78, 5) is 21.3. The molecule has 1 atom stereocenters. The standard InChI is InChI=1S/C11H11ClN4O3S/c1-7-14-4-9(3-13)11(15-7)16-5-8(2-10(16)17)6-20(12,18)19/h4,8H,2,5-6H2,1H3. The highest BCUT2D eigenvalue weighted by Gasteiger charge is 2.35. The highest BCUT2D eigenvalue weighted by molar-refractivity contribution is 8.13. The van der Waals surface area contributed by atoms with Gasteiger partial charge >= 0.3 is 0 Å². The maximum absolute atomic E-state index is 12.0. The molecule has 20 heavy (non-hydrogen) atoms. The second-order valence-electron chi connectivity index (χ2n) is 4.55. The molecule has 106 valence electrons. The van der Waals surface area contributed by atoms with Gasteiger partial charge in [-0.1, -0.05) is 0 Å². The molecule has 1 saturated heterocycles. The third kappa shape index (κ3) is 3.23. The second kappa shape index (κ2) is 5.34. The first-order valence-corrected chi connectivity index (χ1v) is 8.24. The number of carbonyl (C=O) groups excluding carboxylic acids is 1. The Hall–Kier alpha value is -1.72. The van der Waals surface area contributed by atoms with Crippen LogP contribution in [-0.2, 0) is 13.8 Å². The van der Waals surface area contributed by atoms with Crippen LogP contribution in [0.4, 0.5) is 5.82 Å². The zero-order valence-electron chi connectivity index (χ0n) is 10.6. The molecule has 0 aromatic carbocycles. The fourth-order valence-corrected chi connectivity index (χ4v) is 3.44. The number of nitrogens with zero attached hydrogens (tertiary/aromatic N) is 4.